The van der Waals surface area contributed by atoms with Gasteiger partial charge in [-0.05, 0) is 37.2 Å². The van der Waals surface area contributed by atoms with Crippen LogP contribution < -0.4 is 10.1 Å². The molecule has 0 saturated carbocycles. The van der Waals surface area contributed by atoms with Gasteiger partial charge in [-0.3, -0.25) is 4.98 Å². The molecule has 4 rings (SSSR count). The lowest BCUT2D eigenvalue weighted by atomic mass is 10.0. The molecule has 6 nitrogen and oxygen atoms in total. The Morgan fingerprint density at radius 1 is 1.28 bits per heavy atom. The SMILES string of the molecule is COc1cccc(S(=O)(=O)n2cc([C@H]3CCNC3)c3ncccc32)c1. The Morgan fingerprint density at radius 2 is 2.16 bits per heavy atom. The molecule has 3 heterocycles. The summed E-state index contributed by atoms with van der Waals surface area (Å²) in [5.41, 5.74) is 2.34. The van der Waals surface area contributed by atoms with E-state index in [0.717, 1.165) is 30.6 Å². The summed E-state index contributed by atoms with van der Waals surface area (Å²) in [4.78, 5) is 4.65. The van der Waals surface area contributed by atoms with Crippen molar-refractivity contribution in [3.05, 3.63) is 54.4 Å². The van der Waals surface area contributed by atoms with Crippen LogP contribution in [-0.2, 0) is 10.0 Å². The molecule has 0 aliphatic carbocycles. The van der Waals surface area contributed by atoms with E-state index in [0.29, 0.717) is 11.3 Å². The van der Waals surface area contributed by atoms with Gasteiger partial charge in [0.05, 0.1) is 23.0 Å². The molecule has 1 aliphatic heterocycles. The summed E-state index contributed by atoms with van der Waals surface area (Å²) >= 11 is 0. The van der Waals surface area contributed by atoms with Crippen LogP contribution in [0.1, 0.15) is 17.9 Å². The second-order valence-corrected chi connectivity index (χ2v) is 7.94. The first-order chi connectivity index (χ1) is 12.1. The zero-order chi connectivity index (χ0) is 17.4. The monoisotopic (exact) mass is 357 g/mol. The second kappa shape index (κ2) is 6.16. The fourth-order valence-corrected chi connectivity index (χ4v) is 4.75. The maximum atomic E-state index is 13.2. The Balaban J connectivity index is 1.91. The van der Waals surface area contributed by atoms with Gasteiger partial charge in [0.2, 0.25) is 0 Å². The van der Waals surface area contributed by atoms with Crippen LogP contribution in [0, 0.1) is 0 Å². The Kier molecular flexibility index (Phi) is 3.97. The molecule has 1 aliphatic rings. The fourth-order valence-electron chi connectivity index (χ4n) is 3.35. The van der Waals surface area contributed by atoms with Gasteiger partial charge in [-0.1, -0.05) is 6.07 Å². The maximum absolute atomic E-state index is 13.2. The molecule has 3 aromatic rings. The van der Waals surface area contributed by atoms with E-state index in [9.17, 15) is 8.42 Å². The molecular formula is C18H19N3O3S. The number of fused-ring (bicyclic) bond motifs is 1. The van der Waals surface area contributed by atoms with E-state index in [2.05, 4.69) is 10.3 Å². The van der Waals surface area contributed by atoms with Crippen LogP contribution in [0.25, 0.3) is 11.0 Å². The number of benzene rings is 1. The summed E-state index contributed by atoms with van der Waals surface area (Å²) in [6.07, 6.45) is 4.41. The van der Waals surface area contributed by atoms with Gasteiger partial charge in [0.1, 0.15) is 5.75 Å². The van der Waals surface area contributed by atoms with Crippen LogP contribution in [-0.4, -0.2) is 37.6 Å². The second-order valence-electron chi connectivity index (χ2n) is 6.13. The number of hydrogen-bond donors (Lipinski definition) is 1. The zero-order valence-corrected chi connectivity index (χ0v) is 14.7. The summed E-state index contributed by atoms with van der Waals surface area (Å²) in [6, 6.07) is 10.1. The van der Waals surface area contributed by atoms with Gasteiger partial charge in [-0.2, -0.15) is 0 Å². The van der Waals surface area contributed by atoms with Crippen molar-refractivity contribution in [2.75, 3.05) is 20.2 Å². The van der Waals surface area contributed by atoms with Gasteiger partial charge in [-0.25, -0.2) is 12.4 Å². The predicted octanol–water partition coefficient (Wildman–Crippen LogP) is 2.36. The van der Waals surface area contributed by atoms with E-state index in [4.69, 9.17) is 4.74 Å². The largest absolute Gasteiger partial charge is 0.497 e. The van der Waals surface area contributed by atoms with Crippen LogP contribution in [0.3, 0.4) is 0 Å². The summed E-state index contributed by atoms with van der Waals surface area (Å²) in [5.74, 6) is 0.787. The predicted molar refractivity (Wildman–Crippen MR) is 95.5 cm³/mol. The van der Waals surface area contributed by atoms with Crippen molar-refractivity contribution in [2.45, 2.75) is 17.2 Å². The highest BCUT2D eigenvalue weighted by Gasteiger charge is 2.26. The zero-order valence-electron chi connectivity index (χ0n) is 13.8. The molecule has 1 atom stereocenters. The Hall–Kier alpha value is -2.38. The van der Waals surface area contributed by atoms with Gasteiger partial charge in [0.15, 0.2) is 0 Å². The number of hydrogen-bond acceptors (Lipinski definition) is 5. The first-order valence-corrected chi connectivity index (χ1v) is 9.61. The number of nitrogens with zero attached hydrogens (tertiary/aromatic N) is 2. The smallest absolute Gasteiger partial charge is 0.268 e. The molecule has 25 heavy (non-hydrogen) atoms. The third-order valence-electron chi connectivity index (χ3n) is 4.65. The van der Waals surface area contributed by atoms with Crippen LogP contribution in [0.5, 0.6) is 5.75 Å². The molecular weight excluding hydrogens is 338 g/mol. The fraction of sp³-hybridized carbons (Fsp3) is 0.278. The molecule has 0 unspecified atom stereocenters. The summed E-state index contributed by atoms with van der Waals surface area (Å²) in [6.45, 7) is 1.78. The number of ether oxygens (including phenoxy) is 1. The molecule has 7 heteroatoms. The third kappa shape index (κ3) is 2.69. The van der Waals surface area contributed by atoms with E-state index in [-0.39, 0.29) is 10.8 Å². The van der Waals surface area contributed by atoms with Crippen molar-refractivity contribution in [3.63, 3.8) is 0 Å². The van der Waals surface area contributed by atoms with Crippen LogP contribution in [0.15, 0.2) is 53.7 Å². The van der Waals surface area contributed by atoms with Crippen molar-refractivity contribution in [3.8, 4) is 5.75 Å². The maximum Gasteiger partial charge on any atom is 0.268 e. The Bertz CT molecular complexity index is 1020. The van der Waals surface area contributed by atoms with Crippen molar-refractivity contribution in [1.29, 1.82) is 0 Å². The number of nitrogens with one attached hydrogen (secondary N) is 1. The summed E-state index contributed by atoms with van der Waals surface area (Å²) < 4.78 is 32.9. The van der Waals surface area contributed by atoms with Crippen LogP contribution in [0.2, 0.25) is 0 Å². The number of pyridine rings is 1. The molecule has 0 amide bonds. The van der Waals surface area contributed by atoms with Crippen LogP contribution >= 0.6 is 0 Å². The molecule has 1 fully saturated rings. The minimum Gasteiger partial charge on any atom is -0.497 e. The normalized spacial score (nSPS) is 17.9. The summed E-state index contributed by atoms with van der Waals surface area (Å²) in [5, 5.41) is 3.33. The van der Waals surface area contributed by atoms with Gasteiger partial charge in [0, 0.05) is 36.5 Å². The first-order valence-electron chi connectivity index (χ1n) is 8.17. The standard InChI is InChI=1S/C18H19N3O3S/c1-24-14-4-2-5-15(10-14)25(22,23)21-12-16(13-7-9-19-11-13)18-17(21)6-3-8-20-18/h2-6,8,10,12-13,19H,7,9,11H2,1H3/t13-/m0/s1. The van der Waals surface area contributed by atoms with E-state index < -0.39 is 10.0 Å². The Labute approximate surface area is 146 Å². The molecule has 0 radical (unpaired) electrons. The van der Waals surface area contributed by atoms with Crippen molar-refractivity contribution >= 4 is 21.1 Å². The molecule has 1 aromatic carbocycles. The van der Waals surface area contributed by atoms with E-state index >= 15 is 0 Å². The average molecular weight is 357 g/mol. The van der Waals surface area contributed by atoms with Crippen molar-refractivity contribution < 1.29 is 13.2 Å². The first kappa shape index (κ1) is 16.1. The number of methoxy groups -OCH3 is 1. The highest BCUT2D eigenvalue weighted by Crippen LogP contribution is 2.32. The van der Waals surface area contributed by atoms with Gasteiger partial charge >= 0.3 is 0 Å². The van der Waals surface area contributed by atoms with E-state index in [1.807, 2.05) is 0 Å². The molecule has 1 saturated heterocycles. The van der Waals surface area contributed by atoms with Crippen LogP contribution in [0.4, 0.5) is 0 Å². The lowest BCUT2D eigenvalue weighted by Crippen LogP contribution is -2.12. The van der Waals surface area contributed by atoms with Gasteiger partial charge < -0.3 is 10.1 Å². The average Bonchev–Trinajstić information content (AvgIpc) is 3.29. The van der Waals surface area contributed by atoms with Crippen molar-refractivity contribution in [1.82, 2.24) is 14.3 Å². The Morgan fingerprint density at radius 3 is 2.92 bits per heavy atom. The third-order valence-corrected chi connectivity index (χ3v) is 6.32. The van der Waals surface area contributed by atoms with E-state index in [1.54, 1.807) is 42.7 Å². The lowest BCUT2D eigenvalue weighted by Gasteiger charge is -2.09. The minimum absolute atomic E-state index is 0.198. The topological polar surface area (TPSA) is 73.2 Å². The molecule has 130 valence electrons. The molecule has 2 aromatic heterocycles. The highest BCUT2D eigenvalue weighted by molar-refractivity contribution is 7.90. The molecule has 0 spiro atoms. The quantitative estimate of drug-likeness (QED) is 0.776. The molecule has 0 bridgehead atoms. The highest BCUT2D eigenvalue weighted by atomic mass is 32.2. The molecule has 1 N–H and O–H groups in total. The number of aromatic nitrogens is 2. The van der Waals surface area contributed by atoms with E-state index in [1.165, 1.54) is 17.1 Å². The summed E-state index contributed by atoms with van der Waals surface area (Å²) in [7, 11) is -2.21. The lowest BCUT2D eigenvalue weighted by molar-refractivity contribution is 0.413. The van der Waals surface area contributed by atoms with Gasteiger partial charge in [-0.15, -0.1) is 0 Å². The van der Waals surface area contributed by atoms with Gasteiger partial charge in [0.25, 0.3) is 10.0 Å². The van der Waals surface area contributed by atoms with Crippen molar-refractivity contribution in [2.24, 2.45) is 0 Å². The minimum atomic E-state index is -3.73. The number of rotatable bonds is 4.